The van der Waals surface area contributed by atoms with Crippen LogP contribution in [0.1, 0.15) is 24.1 Å². The van der Waals surface area contributed by atoms with Crippen LogP contribution >= 0.6 is 11.6 Å². The molecule has 5 heteroatoms. The normalized spacial score (nSPS) is 16.9. The third-order valence-corrected chi connectivity index (χ3v) is 5.31. The van der Waals surface area contributed by atoms with Crippen LogP contribution in [-0.4, -0.2) is 55.0 Å². The molecule has 1 atom stereocenters. The van der Waals surface area contributed by atoms with Crippen molar-refractivity contribution in [2.75, 3.05) is 39.3 Å². The van der Waals surface area contributed by atoms with Crippen molar-refractivity contribution >= 4 is 23.6 Å². The van der Waals surface area contributed by atoms with E-state index in [-0.39, 0.29) is 11.9 Å². The average molecular weight is 398 g/mol. The van der Waals surface area contributed by atoms with E-state index in [0.717, 1.165) is 38.3 Å². The molecule has 0 aromatic heterocycles. The van der Waals surface area contributed by atoms with Gasteiger partial charge in [0.05, 0.1) is 12.6 Å². The van der Waals surface area contributed by atoms with Gasteiger partial charge in [0.15, 0.2) is 0 Å². The number of nitrogens with zero attached hydrogens (tertiary/aromatic N) is 2. The largest absolute Gasteiger partial charge is 0.348 e. The molecule has 2 aromatic rings. The molecule has 1 unspecified atom stereocenters. The summed E-state index contributed by atoms with van der Waals surface area (Å²) < 4.78 is 0. The van der Waals surface area contributed by atoms with Crippen LogP contribution in [0.3, 0.4) is 0 Å². The van der Waals surface area contributed by atoms with Crippen LogP contribution in [0.2, 0.25) is 5.02 Å². The Morgan fingerprint density at radius 1 is 1.04 bits per heavy atom. The lowest BCUT2D eigenvalue weighted by molar-refractivity contribution is -0.123. The van der Waals surface area contributed by atoms with E-state index >= 15 is 0 Å². The Morgan fingerprint density at radius 3 is 2.36 bits per heavy atom. The van der Waals surface area contributed by atoms with Gasteiger partial charge in [-0.15, -0.1) is 0 Å². The predicted octanol–water partition coefficient (Wildman–Crippen LogP) is 3.85. The predicted molar refractivity (Wildman–Crippen MR) is 116 cm³/mol. The second kappa shape index (κ2) is 10.4. The maximum atomic E-state index is 12.4. The lowest BCUT2D eigenvalue weighted by atomic mass is 10.1. The zero-order valence-electron chi connectivity index (χ0n) is 16.4. The minimum absolute atomic E-state index is 0.0193. The third kappa shape index (κ3) is 6.48. The van der Waals surface area contributed by atoms with Crippen LogP contribution in [-0.2, 0) is 4.79 Å². The highest BCUT2D eigenvalue weighted by molar-refractivity contribution is 6.30. The van der Waals surface area contributed by atoms with E-state index in [2.05, 4.69) is 51.5 Å². The molecule has 148 valence electrons. The van der Waals surface area contributed by atoms with E-state index in [4.69, 9.17) is 11.6 Å². The van der Waals surface area contributed by atoms with Crippen molar-refractivity contribution in [3.63, 3.8) is 0 Å². The van der Waals surface area contributed by atoms with Crippen LogP contribution in [0.4, 0.5) is 0 Å². The number of nitrogens with one attached hydrogen (secondary N) is 1. The Kier molecular flexibility index (Phi) is 7.66. The lowest BCUT2D eigenvalue weighted by Crippen LogP contribution is -2.49. The number of rotatable bonds is 7. The fraction of sp³-hybridized carbons (Fsp3) is 0.348. The Labute approximate surface area is 172 Å². The summed E-state index contributed by atoms with van der Waals surface area (Å²) >= 11 is 5.92. The van der Waals surface area contributed by atoms with Gasteiger partial charge in [-0.3, -0.25) is 14.6 Å². The van der Waals surface area contributed by atoms with Gasteiger partial charge in [-0.1, -0.05) is 66.2 Å². The quantitative estimate of drug-likeness (QED) is 0.770. The second-order valence-electron chi connectivity index (χ2n) is 7.23. The molecule has 1 heterocycles. The van der Waals surface area contributed by atoms with Gasteiger partial charge in [-0.2, -0.15) is 0 Å². The first-order valence-electron chi connectivity index (χ1n) is 9.81. The van der Waals surface area contributed by atoms with Gasteiger partial charge >= 0.3 is 0 Å². The summed E-state index contributed by atoms with van der Waals surface area (Å²) in [5, 5.41) is 3.79. The molecule has 2 aromatic carbocycles. The summed E-state index contributed by atoms with van der Waals surface area (Å²) in [7, 11) is 0. The zero-order valence-corrected chi connectivity index (χ0v) is 17.1. The topological polar surface area (TPSA) is 35.6 Å². The van der Waals surface area contributed by atoms with Crippen LogP contribution in [0.25, 0.3) is 6.08 Å². The summed E-state index contributed by atoms with van der Waals surface area (Å²) in [6.45, 7) is 7.20. The molecular weight excluding hydrogens is 370 g/mol. The number of amides is 1. The molecule has 1 aliphatic rings. The van der Waals surface area contributed by atoms with E-state index in [1.54, 1.807) is 0 Å². The van der Waals surface area contributed by atoms with Crippen molar-refractivity contribution in [3.8, 4) is 0 Å². The maximum Gasteiger partial charge on any atom is 0.234 e. The standard InChI is InChI=1S/C23H28ClN3O/c1-19(21-9-11-22(24)12-10-21)25-23(28)18-27-16-14-26(15-17-27)13-5-8-20-6-3-2-4-7-20/h2-12,19H,13-18H2,1H3,(H,25,28)/b8-5+. The number of hydrogen-bond donors (Lipinski definition) is 1. The highest BCUT2D eigenvalue weighted by Crippen LogP contribution is 2.16. The SMILES string of the molecule is CC(NC(=O)CN1CCN(C/C=C/c2ccccc2)CC1)c1ccc(Cl)cc1. The average Bonchev–Trinajstić information content (AvgIpc) is 2.70. The Hall–Kier alpha value is -2.14. The highest BCUT2D eigenvalue weighted by atomic mass is 35.5. The number of benzene rings is 2. The summed E-state index contributed by atoms with van der Waals surface area (Å²) in [6, 6.07) is 17.9. The number of carbonyl (C=O) groups is 1. The molecule has 4 nitrogen and oxygen atoms in total. The molecule has 0 spiro atoms. The molecule has 1 saturated heterocycles. The number of halogens is 1. The first kappa shape index (κ1) is 20.6. The number of hydrogen-bond acceptors (Lipinski definition) is 3. The molecule has 1 fully saturated rings. The molecule has 1 amide bonds. The fourth-order valence-electron chi connectivity index (χ4n) is 3.36. The Morgan fingerprint density at radius 2 is 1.68 bits per heavy atom. The molecule has 28 heavy (non-hydrogen) atoms. The third-order valence-electron chi connectivity index (χ3n) is 5.05. The summed E-state index contributed by atoms with van der Waals surface area (Å²) in [5.74, 6) is 0.0693. The van der Waals surface area contributed by atoms with Crippen molar-refractivity contribution in [2.45, 2.75) is 13.0 Å². The number of piperazine rings is 1. The van der Waals surface area contributed by atoms with E-state index in [9.17, 15) is 4.79 Å². The van der Waals surface area contributed by atoms with Crippen molar-refractivity contribution in [1.82, 2.24) is 15.1 Å². The van der Waals surface area contributed by atoms with Gasteiger partial charge in [0, 0.05) is 37.7 Å². The fourth-order valence-corrected chi connectivity index (χ4v) is 3.48. The lowest BCUT2D eigenvalue weighted by Gasteiger charge is -2.33. The molecule has 0 bridgehead atoms. The van der Waals surface area contributed by atoms with Gasteiger partial charge in [-0.25, -0.2) is 0 Å². The molecule has 0 saturated carbocycles. The second-order valence-corrected chi connectivity index (χ2v) is 7.67. The Balaban J connectivity index is 1.37. The summed E-state index contributed by atoms with van der Waals surface area (Å²) in [4.78, 5) is 17.0. The van der Waals surface area contributed by atoms with Crippen molar-refractivity contribution < 1.29 is 4.79 Å². The molecule has 0 aliphatic carbocycles. The van der Waals surface area contributed by atoms with Gasteiger partial charge in [0.1, 0.15) is 0 Å². The zero-order chi connectivity index (χ0) is 19.8. The summed E-state index contributed by atoms with van der Waals surface area (Å²) in [6.07, 6.45) is 4.38. The van der Waals surface area contributed by atoms with Crippen molar-refractivity contribution in [2.24, 2.45) is 0 Å². The molecule has 0 radical (unpaired) electrons. The maximum absolute atomic E-state index is 12.4. The molecule has 3 rings (SSSR count). The smallest absolute Gasteiger partial charge is 0.234 e. The monoisotopic (exact) mass is 397 g/mol. The van der Waals surface area contributed by atoms with E-state index in [1.165, 1.54) is 5.56 Å². The molecule has 1 aliphatic heterocycles. The van der Waals surface area contributed by atoms with Crippen LogP contribution < -0.4 is 5.32 Å². The van der Waals surface area contributed by atoms with Crippen molar-refractivity contribution in [1.29, 1.82) is 0 Å². The van der Waals surface area contributed by atoms with Gasteiger partial charge in [-0.05, 0) is 30.2 Å². The minimum atomic E-state index is -0.0193. The van der Waals surface area contributed by atoms with E-state index in [0.29, 0.717) is 11.6 Å². The van der Waals surface area contributed by atoms with Crippen LogP contribution in [0.15, 0.2) is 60.7 Å². The molecule has 1 N–H and O–H groups in total. The van der Waals surface area contributed by atoms with Gasteiger partial charge in [0.25, 0.3) is 0 Å². The van der Waals surface area contributed by atoms with E-state index in [1.807, 2.05) is 37.3 Å². The van der Waals surface area contributed by atoms with Crippen LogP contribution in [0.5, 0.6) is 0 Å². The first-order valence-corrected chi connectivity index (χ1v) is 10.2. The van der Waals surface area contributed by atoms with Gasteiger partial charge in [0.2, 0.25) is 5.91 Å². The summed E-state index contributed by atoms with van der Waals surface area (Å²) in [5.41, 5.74) is 2.29. The van der Waals surface area contributed by atoms with Crippen LogP contribution in [0, 0.1) is 0 Å². The number of carbonyl (C=O) groups excluding carboxylic acids is 1. The van der Waals surface area contributed by atoms with Crippen molar-refractivity contribution in [3.05, 3.63) is 76.8 Å². The van der Waals surface area contributed by atoms with E-state index < -0.39 is 0 Å². The minimum Gasteiger partial charge on any atom is -0.348 e. The highest BCUT2D eigenvalue weighted by Gasteiger charge is 2.19. The Bertz CT molecular complexity index is 768. The molecular formula is C23H28ClN3O. The first-order chi connectivity index (χ1) is 13.6. The van der Waals surface area contributed by atoms with Gasteiger partial charge < -0.3 is 5.32 Å².